The van der Waals surface area contributed by atoms with Crippen molar-refractivity contribution in [3.05, 3.63) is 22.2 Å². The Labute approximate surface area is 115 Å². The molecule has 1 fully saturated rings. The van der Waals surface area contributed by atoms with Crippen molar-refractivity contribution in [2.24, 2.45) is 0 Å². The first-order valence-corrected chi connectivity index (χ1v) is 6.81. The van der Waals surface area contributed by atoms with E-state index in [1.165, 1.54) is 19.3 Å². The molecule has 1 aromatic heterocycles. The molecule has 0 atom stereocenters. The molecule has 106 valence electrons. The Kier molecular flexibility index (Phi) is 3.25. The number of hydrogen-bond donors (Lipinski definition) is 0. The van der Waals surface area contributed by atoms with Gasteiger partial charge in [0.15, 0.2) is 0 Å². The largest absolute Gasteiger partial charge is 0.366 e. The molecule has 0 amide bonds. The Morgan fingerprint density at radius 3 is 2.75 bits per heavy atom. The molecule has 0 aliphatic heterocycles. The summed E-state index contributed by atoms with van der Waals surface area (Å²) in [5.74, 6) is 0. The van der Waals surface area contributed by atoms with E-state index in [1.54, 1.807) is 12.1 Å². The predicted molar refractivity (Wildman–Crippen MR) is 73.7 cm³/mol. The van der Waals surface area contributed by atoms with Gasteiger partial charge >= 0.3 is 5.69 Å². The number of fused-ring (bicyclic) bond motifs is 1. The maximum atomic E-state index is 11.4. The van der Waals surface area contributed by atoms with E-state index >= 15 is 0 Å². The molecular weight excluding hydrogens is 260 g/mol. The average molecular weight is 276 g/mol. The molecule has 3 rings (SSSR count). The van der Waals surface area contributed by atoms with Crippen molar-refractivity contribution >= 4 is 22.4 Å². The molecule has 7 nitrogen and oxygen atoms in total. The Morgan fingerprint density at radius 1 is 1.30 bits per heavy atom. The van der Waals surface area contributed by atoms with E-state index in [4.69, 9.17) is 0 Å². The van der Waals surface area contributed by atoms with Gasteiger partial charge in [0.25, 0.3) is 0 Å². The van der Waals surface area contributed by atoms with Gasteiger partial charge in [0.1, 0.15) is 11.2 Å². The SMILES string of the molecule is CN(c1ccc2nonc2c1[N+](=O)[O-])C1CCCCC1. The zero-order chi connectivity index (χ0) is 14.1. The second kappa shape index (κ2) is 5.07. The third-order valence-corrected chi connectivity index (χ3v) is 4.06. The van der Waals surface area contributed by atoms with Crippen LogP contribution in [0, 0.1) is 10.1 Å². The third-order valence-electron chi connectivity index (χ3n) is 4.06. The van der Waals surface area contributed by atoms with Crippen LogP contribution < -0.4 is 4.90 Å². The van der Waals surface area contributed by atoms with Crippen LogP contribution in [0.5, 0.6) is 0 Å². The smallest absolute Gasteiger partial charge is 0.323 e. The van der Waals surface area contributed by atoms with Crippen LogP contribution in [-0.4, -0.2) is 28.3 Å². The summed E-state index contributed by atoms with van der Waals surface area (Å²) in [7, 11) is 1.91. The number of nitrogens with zero attached hydrogens (tertiary/aromatic N) is 4. The van der Waals surface area contributed by atoms with Gasteiger partial charge in [-0.15, -0.1) is 0 Å². The number of benzene rings is 1. The van der Waals surface area contributed by atoms with Crippen LogP contribution in [0.1, 0.15) is 32.1 Å². The lowest BCUT2D eigenvalue weighted by atomic mass is 9.94. The molecular formula is C13H16N4O3. The van der Waals surface area contributed by atoms with Gasteiger partial charge in [0.2, 0.25) is 5.52 Å². The fourth-order valence-electron chi connectivity index (χ4n) is 2.96. The molecule has 2 aromatic rings. The summed E-state index contributed by atoms with van der Waals surface area (Å²) in [5.41, 5.74) is 1.20. The summed E-state index contributed by atoms with van der Waals surface area (Å²) in [6, 6.07) is 3.80. The van der Waals surface area contributed by atoms with Crippen molar-refractivity contribution in [2.45, 2.75) is 38.1 Å². The lowest BCUT2D eigenvalue weighted by Crippen LogP contribution is -2.33. The summed E-state index contributed by atoms with van der Waals surface area (Å²) in [6.45, 7) is 0. The maximum absolute atomic E-state index is 11.4. The Bertz CT molecular complexity index is 634. The first-order valence-electron chi connectivity index (χ1n) is 6.81. The molecule has 1 aromatic carbocycles. The number of anilines is 1. The van der Waals surface area contributed by atoms with Crippen LogP contribution in [0.4, 0.5) is 11.4 Å². The normalized spacial score (nSPS) is 16.4. The van der Waals surface area contributed by atoms with E-state index in [0.29, 0.717) is 17.2 Å². The van der Waals surface area contributed by atoms with Gasteiger partial charge in [0.05, 0.1) is 4.92 Å². The van der Waals surface area contributed by atoms with Crippen LogP contribution in [0.2, 0.25) is 0 Å². The summed E-state index contributed by atoms with van der Waals surface area (Å²) in [6.07, 6.45) is 5.75. The molecule has 0 saturated heterocycles. The first kappa shape index (κ1) is 12.8. The average Bonchev–Trinajstić information content (AvgIpc) is 2.94. The standard InChI is InChI=1S/C13H16N4O3/c1-16(9-5-3-2-4-6-9)11-8-7-10-12(15-20-14-10)13(11)17(18)19/h7-9H,2-6H2,1H3. The fraction of sp³-hybridized carbons (Fsp3) is 0.538. The van der Waals surface area contributed by atoms with Gasteiger partial charge in [-0.2, -0.15) is 0 Å². The number of nitro groups is 1. The van der Waals surface area contributed by atoms with E-state index in [0.717, 1.165) is 12.8 Å². The predicted octanol–water partition coefficient (Wildman–Crippen LogP) is 2.90. The highest BCUT2D eigenvalue weighted by atomic mass is 16.6. The van der Waals surface area contributed by atoms with Crippen molar-refractivity contribution in [1.29, 1.82) is 0 Å². The van der Waals surface area contributed by atoms with Crippen molar-refractivity contribution in [1.82, 2.24) is 10.3 Å². The van der Waals surface area contributed by atoms with Gasteiger partial charge < -0.3 is 4.90 Å². The Balaban J connectivity index is 2.05. The second-order valence-corrected chi connectivity index (χ2v) is 5.23. The summed E-state index contributed by atoms with van der Waals surface area (Å²) < 4.78 is 4.61. The van der Waals surface area contributed by atoms with Crippen molar-refractivity contribution in [3.8, 4) is 0 Å². The fourth-order valence-corrected chi connectivity index (χ4v) is 2.96. The van der Waals surface area contributed by atoms with E-state index in [2.05, 4.69) is 14.9 Å². The molecule has 0 N–H and O–H groups in total. The lowest BCUT2D eigenvalue weighted by molar-refractivity contribution is -0.382. The molecule has 7 heteroatoms. The summed E-state index contributed by atoms with van der Waals surface area (Å²) in [5, 5.41) is 18.7. The van der Waals surface area contributed by atoms with Gasteiger partial charge in [-0.25, -0.2) is 4.63 Å². The Morgan fingerprint density at radius 2 is 2.05 bits per heavy atom. The molecule has 0 radical (unpaired) electrons. The molecule has 0 unspecified atom stereocenters. The van der Waals surface area contributed by atoms with E-state index in [9.17, 15) is 10.1 Å². The monoisotopic (exact) mass is 276 g/mol. The van der Waals surface area contributed by atoms with Crippen LogP contribution >= 0.6 is 0 Å². The maximum Gasteiger partial charge on any atom is 0.323 e. The van der Waals surface area contributed by atoms with Gasteiger partial charge in [-0.1, -0.05) is 19.3 Å². The second-order valence-electron chi connectivity index (χ2n) is 5.23. The highest BCUT2D eigenvalue weighted by molar-refractivity contribution is 5.91. The van der Waals surface area contributed by atoms with E-state index < -0.39 is 4.92 Å². The van der Waals surface area contributed by atoms with Crippen LogP contribution in [0.25, 0.3) is 11.0 Å². The van der Waals surface area contributed by atoms with Crippen molar-refractivity contribution in [3.63, 3.8) is 0 Å². The molecule has 1 aliphatic rings. The van der Waals surface area contributed by atoms with Crippen LogP contribution in [-0.2, 0) is 0 Å². The van der Waals surface area contributed by atoms with E-state index in [1.807, 2.05) is 11.9 Å². The summed E-state index contributed by atoms with van der Waals surface area (Å²) in [4.78, 5) is 13.0. The first-order chi connectivity index (χ1) is 9.68. The molecule has 0 bridgehead atoms. The molecule has 0 spiro atoms. The molecule has 1 heterocycles. The Hall–Kier alpha value is -2.18. The van der Waals surface area contributed by atoms with Crippen molar-refractivity contribution < 1.29 is 9.55 Å². The third kappa shape index (κ3) is 2.09. The lowest BCUT2D eigenvalue weighted by Gasteiger charge is -2.32. The zero-order valence-corrected chi connectivity index (χ0v) is 11.3. The number of aromatic nitrogens is 2. The zero-order valence-electron chi connectivity index (χ0n) is 11.3. The summed E-state index contributed by atoms with van der Waals surface area (Å²) >= 11 is 0. The van der Waals surface area contributed by atoms with Gasteiger partial charge in [0, 0.05) is 13.1 Å². The molecule has 1 aliphatic carbocycles. The van der Waals surface area contributed by atoms with Crippen LogP contribution in [0.3, 0.4) is 0 Å². The topological polar surface area (TPSA) is 85.3 Å². The molecule has 1 saturated carbocycles. The molecule has 20 heavy (non-hydrogen) atoms. The van der Waals surface area contributed by atoms with Crippen molar-refractivity contribution in [2.75, 3.05) is 11.9 Å². The number of hydrogen-bond acceptors (Lipinski definition) is 6. The van der Waals surface area contributed by atoms with Gasteiger partial charge in [-0.05, 0) is 35.3 Å². The van der Waals surface area contributed by atoms with Crippen LogP contribution in [0.15, 0.2) is 16.8 Å². The minimum absolute atomic E-state index is 0.0168. The number of rotatable bonds is 3. The minimum atomic E-state index is -0.402. The number of nitro benzene ring substituents is 1. The minimum Gasteiger partial charge on any atom is -0.366 e. The highest BCUT2D eigenvalue weighted by Gasteiger charge is 2.28. The highest BCUT2D eigenvalue weighted by Crippen LogP contribution is 2.36. The van der Waals surface area contributed by atoms with E-state index in [-0.39, 0.29) is 11.2 Å². The quantitative estimate of drug-likeness (QED) is 0.633. The van der Waals surface area contributed by atoms with Gasteiger partial charge in [-0.3, -0.25) is 10.1 Å².